The van der Waals surface area contributed by atoms with Crippen LogP contribution in [-0.4, -0.2) is 14.1 Å². The summed E-state index contributed by atoms with van der Waals surface area (Å²) >= 11 is 12.5. The summed E-state index contributed by atoms with van der Waals surface area (Å²) in [7, 11) is 6.16. The van der Waals surface area contributed by atoms with E-state index in [0.29, 0.717) is 10.0 Å². The minimum absolute atomic E-state index is 0. The minimum atomic E-state index is 0. The first-order valence-electron chi connectivity index (χ1n) is 7.69. The number of rotatable bonds is 3. The van der Waals surface area contributed by atoms with Gasteiger partial charge in [-0.25, -0.2) is 0 Å². The predicted octanol–water partition coefficient (Wildman–Crippen LogP) is 2.21. The van der Waals surface area contributed by atoms with Gasteiger partial charge in [0, 0.05) is 59.0 Å². The predicted molar refractivity (Wildman–Crippen MR) is 105 cm³/mol. The van der Waals surface area contributed by atoms with Crippen molar-refractivity contribution in [2.75, 3.05) is 19.0 Å². The highest BCUT2D eigenvalue weighted by Gasteiger charge is 2.11. The summed E-state index contributed by atoms with van der Waals surface area (Å²) < 4.78 is 2.16. The maximum absolute atomic E-state index is 6.23. The third-order valence-corrected chi connectivity index (χ3v) is 4.79. The van der Waals surface area contributed by atoms with Gasteiger partial charge in [-0.2, -0.15) is 4.57 Å². The molecule has 0 N–H and O–H groups in total. The molecule has 0 fully saturated rings. The van der Waals surface area contributed by atoms with Crippen molar-refractivity contribution in [2.24, 2.45) is 7.05 Å². The van der Waals surface area contributed by atoms with Gasteiger partial charge in [-0.15, -0.1) is 0 Å². The van der Waals surface area contributed by atoms with Crippen LogP contribution in [0.25, 0.3) is 23.1 Å². The van der Waals surface area contributed by atoms with Gasteiger partial charge in [0.25, 0.3) is 0 Å². The van der Waals surface area contributed by atoms with Gasteiger partial charge in [0.15, 0.2) is 0 Å². The average molecular weight is 485 g/mol. The van der Waals surface area contributed by atoms with E-state index in [-0.39, 0.29) is 24.0 Å². The van der Waals surface area contributed by atoms with Crippen molar-refractivity contribution in [1.29, 1.82) is 0 Å². The van der Waals surface area contributed by atoms with Gasteiger partial charge < -0.3 is 28.9 Å². The molecule has 0 aliphatic rings. The number of pyridine rings is 1. The number of aromatic nitrogens is 1. The molecule has 0 saturated heterocycles. The third kappa shape index (κ3) is 4.27. The van der Waals surface area contributed by atoms with Gasteiger partial charge in [-0.05, 0) is 36.4 Å². The maximum Gasteiger partial charge on any atom is 0.212 e. The quantitative estimate of drug-likeness (QED) is 0.408. The highest BCUT2D eigenvalue weighted by Crippen LogP contribution is 2.26. The average Bonchev–Trinajstić information content (AvgIpc) is 2.56. The zero-order valence-electron chi connectivity index (χ0n) is 14.3. The molecule has 0 spiro atoms. The Balaban J connectivity index is 0.00000225. The molecule has 0 atom stereocenters. The molecule has 0 saturated carbocycles. The second-order valence-corrected chi connectivity index (χ2v) is 6.74. The summed E-state index contributed by atoms with van der Waals surface area (Å²) in [6.07, 6.45) is 3.99. The van der Waals surface area contributed by atoms with E-state index >= 15 is 0 Å². The molecule has 0 radical (unpaired) electrons. The highest BCUT2D eigenvalue weighted by atomic mass is 127. The van der Waals surface area contributed by atoms with E-state index in [9.17, 15) is 0 Å². The fourth-order valence-electron chi connectivity index (χ4n) is 2.69. The summed E-state index contributed by atoms with van der Waals surface area (Å²) in [6, 6.07) is 16.2. The lowest BCUT2D eigenvalue weighted by Gasteiger charge is -2.12. The Morgan fingerprint density at radius 3 is 2.24 bits per heavy atom. The van der Waals surface area contributed by atoms with E-state index in [1.54, 1.807) is 0 Å². The van der Waals surface area contributed by atoms with E-state index in [4.69, 9.17) is 23.2 Å². The Kier molecular flexibility index (Phi) is 6.72. The van der Waals surface area contributed by atoms with Crippen LogP contribution in [0.4, 0.5) is 5.69 Å². The molecule has 0 bridgehead atoms. The van der Waals surface area contributed by atoms with Crippen LogP contribution in [0.15, 0.2) is 48.5 Å². The maximum atomic E-state index is 6.23. The van der Waals surface area contributed by atoms with Gasteiger partial charge in [-0.3, -0.25) is 0 Å². The normalized spacial score (nSPS) is 10.9. The topological polar surface area (TPSA) is 7.12 Å². The summed E-state index contributed by atoms with van der Waals surface area (Å²) in [6.45, 7) is 0. The number of aryl methyl sites for hydroxylation is 1. The number of halogens is 3. The SMILES string of the molecule is CN(C)c1ccc2c(ccc(/C=C/c3c(Cl)cccc3Cl)[n+]2C)c1.[I-]. The van der Waals surface area contributed by atoms with Gasteiger partial charge in [-0.1, -0.05) is 29.3 Å². The molecular weight excluding hydrogens is 466 g/mol. The third-order valence-electron chi connectivity index (χ3n) is 4.13. The largest absolute Gasteiger partial charge is 1.00 e. The first-order valence-corrected chi connectivity index (χ1v) is 8.45. The van der Waals surface area contributed by atoms with Crippen LogP contribution in [0.3, 0.4) is 0 Å². The zero-order valence-corrected chi connectivity index (χ0v) is 18.0. The van der Waals surface area contributed by atoms with Crippen LogP contribution in [0.2, 0.25) is 10.0 Å². The number of hydrogen-bond acceptors (Lipinski definition) is 1. The van der Waals surface area contributed by atoms with Gasteiger partial charge in [0.1, 0.15) is 7.05 Å². The molecule has 2 aromatic carbocycles. The highest BCUT2D eigenvalue weighted by molar-refractivity contribution is 6.37. The first-order chi connectivity index (χ1) is 11.5. The van der Waals surface area contributed by atoms with Crippen LogP contribution < -0.4 is 33.4 Å². The lowest BCUT2D eigenvalue weighted by molar-refractivity contribution is -0.646. The standard InChI is InChI=1S/C20H19Cl2N2.HI/c1-23(2)16-10-12-20-14(13-16)7-8-15(24(20)3)9-11-17-18(21)5-4-6-19(17)22;/h4-13H,1-3H3;1H/q+1;/p-1/b11-9+;. The van der Waals surface area contributed by atoms with Gasteiger partial charge >= 0.3 is 0 Å². The van der Waals surface area contributed by atoms with Crippen LogP contribution in [0, 0.1) is 0 Å². The second kappa shape index (κ2) is 8.39. The number of anilines is 1. The van der Waals surface area contributed by atoms with E-state index < -0.39 is 0 Å². The molecule has 3 aromatic rings. The van der Waals surface area contributed by atoms with Gasteiger partial charge in [0.05, 0.1) is 0 Å². The molecule has 25 heavy (non-hydrogen) atoms. The number of hydrogen-bond donors (Lipinski definition) is 0. The Labute approximate surface area is 175 Å². The summed E-state index contributed by atoms with van der Waals surface area (Å²) in [4.78, 5) is 2.10. The number of nitrogens with zero attached hydrogens (tertiary/aromatic N) is 2. The smallest absolute Gasteiger partial charge is 0.212 e. The Bertz CT molecular complexity index is 916. The van der Waals surface area contributed by atoms with Crippen LogP contribution in [0.5, 0.6) is 0 Å². The number of fused-ring (bicyclic) bond motifs is 1. The van der Waals surface area contributed by atoms with E-state index in [1.165, 1.54) is 16.6 Å². The molecule has 0 amide bonds. The fraction of sp³-hybridized carbons (Fsp3) is 0.150. The van der Waals surface area contributed by atoms with Crippen LogP contribution >= 0.6 is 23.2 Å². The molecule has 0 aliphatic heterocycles. The molecule has 3 rings (SSSR count). The van der Waals surface area contributed by atoms with Crippen molar-refractivity contribution in [2.45, 2.75) is 0 Å². The lowest BCUT2D eigenvalue weighted by atomic mass is 10.1. The lowest BCUT2D eigenvalue weighted by Crippen LogP contribution is -3.00. The van der Waals surface area contributed by atoms with E-state index in [2.05, 4.69) is 46.8 Å². The van der Waals surface area contributed by atoms with Crippen molar-refractivity contribution in [3.8, 4) is 0 Å². The van der Waals surface area contributed by atoms with E-state index in [1.807, 2.05) is 44.4 Å². The van der Waals surface area contributed by atoms with Crippen molar-refractivity contribution in [3.63, 3.8) is 0 Å². The van der Waals surface area contributed by atoms with Crippen molar-refractivity contribution in [1.82, 2.24) is 0 Å². The summed E-state index contributed by atoms with van der Waals surface area (Å²) in [5, 5.41) is 2.51. The summed E-state index contributed by atoms with van der Waals surface area (Å²) in [5.74, 6) is 0. The molecule has 130 valence electrons. The Morgan fingerprint density at radius 2 is 1.60 bits per heavy atom. The van der Waals surface area contributed by atoms with Crippen molar-refractivity contribution in [3.05, 3.63) is 69.8 Å². The molecule has 2 nitrogen and oxygen atoms in total. The Morgan fingerprint density at radius 1 is 0.920 bits per heavy atom. The van der Waals surface area contributed by atoms with E-state index in [0.717, 1.165) is 11.3 Å². The number of benzene rings is 2. The van der Waals surface area contributed by atoms with Crippen molar-refractivity contribution >= 4 is 51.9 Å². The zero-order chi connectivity index (χ0) is 17.3. The minimum Gasteiger partial charge on any atom is -1.00 e. The molecule has 1 aromatic heterocycles. The monoisotopic (exact) mass is 484 g/mol. The first kappa shape index (κ1) is 20.0. The fourth-order valence-corrected chi connectivity index (χ4v) is 3.21. The molecule has 5 heteroatoms. The molecule has 1 heterocycles. The Hall–Kier alpha value is -1.30. The van der Waals surface area contributed by atoms with Crippen molar-refractivity contribution < 1.29 is 28.5 Å². The summed E-state index contributed by atoms with van der Waals surface area (Å²) in [5.41, 5.74) is 4.28. The molecule has 0 unspecified atom stereocenters. The van der Waals surface area contributed by atoms with Crippen LogP contribution in [0.1, 0.15) is 11.3 Å². The second-order valence-electron chi connectivity index (χ2n) is 5.92. The van der Waals surface area contributed by atoms with Gasteiger partial charge in [0.2, 0.25) is 11.2 Å². The van der Waals surface area contributed by atoms with Crippen LogP contribution in [-0.2, 0) is 7.05 Å². The molecule has 0 aliphatic carbocycles. The molecular formula is C20H19Cl2IN2.